The van der Waals surface area contributed by atoms with Crippen LogP contribution in [-0.4, -0.2) is 0 Å². The number of halogens is 2. The summed E-state index contributed by atoms with van der Waals surface area (Å²) >= 11 is 12.4. The van der Waals surface area contributed by atoms with Gasteiger partial charge in [-0.3, -0.25) is 0 Å². The highest BCUT2D eigenvalue weighted by molar-refractivity contribution is 6.35. The first kappa shape index (κ1) is 14.6. The predicted molar refractivity (Wildman–Crippen MR) is 98.4 cm³/mol. The van der Waals surface area contributed by atoms with Crippen LogP contribution >= 0.6 is 23.2 Å². The molecule has 1 nitrogen and oxygen atoms in total. The first-order valence-electron chi connectivity index (χ1n) is 7.60. The number of benzene rings is 3. The summed E-state index contributed by atoms with van der Waals surface area (Å²) in [7, 11) is 0. The van der Waals surface area contributed by atoms with Gasteiger partial charge in [-0.05, 0) is 52.9 Å². The molecule has 0 bridgehead atoms. The lowest BCUT2D eigenvalue weighted by molar-refractivity contribution is 0.824. The molecule has 0 saturated heterocycles. The summed E-state index contributed by atoms with van der Waals surface area (Å²) in [6.45, 7) is 0. The summed E-state index contributed by atoms with van der Waals surface area (Å²) in [6.07, 6.45) is 0.928. The van der Waals surface area contributed by atoms with Crippen LogP contribution in [0.1, 0.15) is 17.2 Å². The molecule has 0 aromatic heterocycles. The zero-order chi connectivity index (χ0) is 15.8. The van der Waals surface area contributed by atoms with Crippen molar-refractivity contribution in [3.63, 3.8) is 0 Å². The molecule has 1 N–H and O–H groups in total. The number of hydrogen-bond acceptors (Lipinski definition) is 1. The summed E-state index contributed by atoms with van der Waals surface area (Å²) in [5.41, 5.74) is 6.08. The molecule has 1 aliphatic heterocycles. The number of anilines is 1. The molecule has 0 saturated carbocycles. The molecule has 1 unspecified atom stereocenters. The lowest BCUT2D eigenvalue weighted by Gasteiger charge is -2.13. The van der Waals surface area contributed by atoms with Crippen molar-refractivity contribution in [2.45, 2.75) is 12.5 Å². The second-order valence-electron chi connectivity index (χ2n) is 5.80. The maximum Gasteiger partial charge on any atom is 0.0569 e. The lowest BCUT2D eigenvalue weighted by Crippen LogP contribution is -2.06. The number of rotatable bonds is 2. The average Bonchev–Trinajstić information content (AvgIpc) is 2.98. The summed E-state index contributed by atoms with van der Waals surface area (Å²) in [5.74, 6) is 0. The monoisotopic (exact) mass is 339 g/mol. The van der Waals surface area contributed by atoms with Gasteiger partial charge in [0.2, 0.25) is 0 Å². The van der Waals surface area contributed by atoms with E-state index in [9.17, 15) is 0 Å². The van der Waals surface area contributed by atoms with E-state index in [4.69, 9.17) is 23.2 Å². The minimum atomic E-state index is 0.195. The third-order valence-electron chi connectivity index (χ3n) is 4.30. The van der Waals surface area contributed by atoms with E-state index < -0.39 is 0 Å². The highest BCUT2D eigenvalue weighted by atomic mass is 35.5. The van der Waals surface area contributed by atoms with Crippen LogP contribution in [0.5, 0.6) is 0 Å². The van der Waals surface area contributed by atoms with E-state index in [1.54, 1.807) is 6.07 Å². The zero-order valence-electron chi connectivity index (χ0n) is 12.4. The molecule has 4 rings (SSSR count). The van der Waals surface area contributed by atoms with E-state index in [1.807, 2.05) is 18.2 Å². The van der Waals surface area contributed by atoms with Crippen LogP contribution in [0.4, 0.5) is 5.69 Å². The van der Waals surface area contributed by atoms with Crippen molar-refractivity contribution in [1.82, 2.24) is 0 Å². The Morgan fingerprint density at radius 2 is 1.65 bits per heavy atom. The number of nitrogens with one attached hydrogen (secondary N) is 1. The quantitative estimate of drug-likeness (QED) is 0.571. The van der Waals surface area contributed by atoms with Crippen molar-refractivity contribution in [2.75, 3.05) is 5.32 Å². The standard InChI is InChI=1S/C20H15Cl2N/c21-16-7-8-17(18(22)12-16)20-11-15-10-14(6-9-19(15)23-20)13-4-2-1-3-5-13/h1-10,12,20,23H,11H2. The van der Waals surface area contributed by atoms with Crippen LogP contribution in [0, 0.1) is 0 Å². The second-order valence-corrected chi connectivity index (χ2v) is 6.65. The molecule has 3 heteroatoms. The van der Waals surface area contributed by atoms with Crippen LogP contribution in [0.15, 0.2) is 66.7 Å². The Balaban J connectivity index is 1.65. The van der Waals surface area contributed by atoms with E-state index in [0.717, 1.165) is 12.0 Å². The topological polar surface area (TPSA) is 12.0 Å². The van der Waals surface area contributed by atoms with Crippen molar-refractivity contribution in [2.24, 2.45) is 0 Å². The third kappa shape index (κ3) is 2.83. The van der Waals surface area contributed by atoms with Gasteiger partial charge in [-0.25, -0.2) is 0 Å². The van der Waals surface area contributed by atoms with Crippen molar-refractivity contribution < 1.29 is 0 Å². The Morgan fingerprint density at radius 1 is 0.826 bits per heavy atom. The molecule has 3 aromatic rings. The molecular weight excluding hydrogens is 325 g/mol. The largest absolute Gasteiger partial charge is 0.378 e. The maximum absolute atomic E-state index is 6.36. The Bertz CT molecular complexity index is 859. The van der Waals surface area contributed by atoms with Gasteiger partial charge in [-0.15, -0.1) is 0 Å². The molecule has 0 radical (unpaired) electrons. The molecule has 1 heterocycles. The van der Waals surface area contributed by atoms with Gasteiger partial charge in [0.25, 0.3) is 0 Å². The van der Waals surface area contributed by atoms with Gasteiger partial charge in [0.1, 0.15) is 0 Å². The van der Waals surface area contributed by atoms with E-state index in [0.29, 0.717) is 10.0 Å². The average molecular weight is 340 g/mol. The summed E-state index contributed by atoms with van der Waals surface area (Å²) < 4.78 is 0. The summed E-state index contributed by atoms with van der Waals surface area (Å²) in [6, 6.07) is 22.9. The highest BCUT2D eigenvalue weighted by Gasteiger charge is 2.24. The fourth-order valence-corrected chi connectivity index (χ4v) is 3.68. The summed E-state index contributed by atoms with van der Waals surface area (Å²) in [4.78, 5) is 0. The van der Waals surface area contributed by atoms with Gasteiger partial charge < -0.3 is 5.32 Å². The van der Waals surface area contributed by atoms with Gasteiger partial charge in [-0.1, -0.05) is 65.7 Å². The molecule has 0 spiro atoms. The molecule has 0 fully saturated rings. The normalized spacial score (nSPS) is 16.0. The Kier molecular flexibility index (Phi) is 3.76. The third-order valence-corrected chi connectivity index (χ3v) is 4.87. The fraction of sp³-hybridized carbons (Fsp3) is 0.100. The molecule has 0 aliphatic carbocycles. The molecule has 23 heavy (non-hydrogen) atoms. The highest BCUT2D eigenvalue weighted by Crippen LogP contribution is 2.39. The van der Waals surface area contributed by atoms with E-state index in [2.05, 4.69) is 47.8 Å². The lowest BCUT2D eigenvalue weighted by atomic mass is 9.99. The van der Waals surface area contributed by atoms with Crippen LogP contribution in [-0.2, 0) is 6.42 Å². The van der Waals surface area contributed by atoms with Gasteiger partial charge in [0.05, 0.1) is 6.04 Å². The first-order chi connectivity index (χ1) is 11.2. The van der Waals surface area contributed by atoms with Crippen molar-refractivity contribution in [3.05, 3.63) is 87.9 Å². The molecule has 1 aliphatic rings. The van der Waals surface area contributed by atoms with E-state index >= 15 is 0 Å². The van der Waals surface area contributed by atoms with Crippen LogP contribution in [0.25, 0.3) is 11.1 Å². The molecule has 114 valence electrons. The van der Waals surface area contributed by atoms with Crippen LogP contribution in [0.3, 0.4) is 0 Å². The second kappa shape index (κ2) is 5.92. The van der Waals surface area contributed by atoms with Gasteiger partial charge >= 0.3 is 0 Å². The molecule has 1 atom stereocenters. The predicted octanol–water partition coefficient (Wildman–Crippen LogP) is 6.37. The minimum Gasteiger partial charge on any atom is -0.378 e. The smallest absolute Gasteiger partial charge is 0.0569 e. The first-order valence-corrected chi connectivity index (χ1v) is 8.36. The van der Waals surface area contributed by atoms with E-state index in [1.165, 1.54) is 22.4 Å². The zero-order valence-corrected chi connectivity index (χ0v) is 13.9. The maximum atomic E-state index is 6.36. The van der Waals surface area contributed by atoms with Crippen molar-refractivity contribution in [1.29, 1.82) is 0 Å². The fourth-order valence-electron chi connectivity index (χ4n) is 3.14. The minimum absolute atomic E-state index is 0.195. The van der Waals surface area contributed by atoms with Crippen molar-refractivity contribution >= 4 is 28.9 Å². The Morgan fingerprint density at radius 3 is 2.43 bits per heavy atom. The number of fused-ring (bicyclic) bond motifs is 1. The molecular formula is C20H15Cl2N. The Labute approximate surface area is 145 Å². The van der Waals surface area contributed by atoms with Crippen LogP contribution in [0.2, 0.25) is 10.0 Å². The van der Waals surface area contributed by atoms with Crippen molar-refractivity contribution in [3.8, 4) is 11.1 Å². The van der Waals surface area contributed by atoms with Gasteiger partial charge in [0, 0.05) is 15.7 Å². The number of hydrogen-bond donors (Lipinski definition) is 1. The van der Waals surface area contributed by atoms with Gasteiger partial charge in [0.15, 0.2) is 0 Å². The molecule has 0 amide bonds. The Hall–Kier alpha value is -1.96. The van der Waals surface area contributed by atoms with E-state index in [-0.39, 0.29) is 6.04 Å². The summed E-state index contributed by atoms with van der Waals surface area (Å²) in [5, 5.41) is 4.94. The molecule has 3 aromatic carbocycles. The SMILES string of the molecule is Clc1ccc(C2Cc3cc(-c4ccccc4)ccc3N2)c(Cl)c1. The van der Waals surface area contributed by atoms with Crippen LogP contribution < -0.4 is 5.32 Å². The van der Waals surface area contributed by atoms with Gasteiger partial charge in [-0.2, -0.15) is 0 Å².